The lowest BCUT2D eigenvalue weighted by molar-refractivity contribution is -0.119. The number of carbonyl (C=O) groups excluding carboxylic acids is 1. The lowest BCUT2D eigenvalue weighted by Crippen LogP contribution is -2.27. The fourth-order valence-electron chi connectivity index (χ4n) is 3.26. The van der Waals surface area contributed by atoms with Crippen LogP contribution in [-0.4, -0.2) is 21.1 Å². The average molecular weight is 404 g/mol. The van der Waals surface area contributed by atoms with Crippen molar-refractivity contribution in [3.05, 3.63) is 76.9 Å². The number of nitrogens with two attached hydrogens (primary N) is 1. The molecule has 4 rings (SSSR count). The van der Waals surface area contributed by atoms with E-state index in [-0.39, 0.29) is 11.9 Å². The van der Waals surface area contributed by atoms with Crippen LogP contribution in [0.3, 0.4) is 0 Å². The van der Waals surface area contributed by atoms with Crippen molar-refractivity contribution in [3.63, 3.8) is 0 Å². The minimum absolute atomic E-state index is 0.0975. The number of aromatic nitrogens is 3. The number of nitrogens with one attached hydrogen (secondary N) is 1. The molecule has 7 heteroatoms. The normalized spacial score (nSPS) is 12.1. The maximum Gasteiger partial charge on any atom is 0.217 e. The number of fused-ring (bicyclic) bond motifs is 1. The number of para-hydroxylation sites is 1. The molecule has 0 aliphatic carbocycles. The molecule has 2 heterocycles. The van der Waals surface area contributed by atoms with Crippen LogP contribution in [0, 0.1) is 0 Å². The van der Waals surface area contributed by atoms with Gasteiger partial charge in [-0.05, 0) is 29.7 Å². The van der Waals surface area contributed by atoms with Crippen LogP contribution < -0.4 is 11.1 Å². The molecule has 6 nitrogen and oxygen atoms in total. The summed E-state index contributed by atoms with van der Waals surface area (Å²) in [7, 11) is 0. The van der Waals surface area contributed by atoms with Gasteiger partial charge in [0.1, 0.15) is 10.0 Å². The molecule has 0 radical (unpaired) electrons. The van der Waals surface area contributed by atoms with E-state index < -0.39 is 0 Å². The fraction of sp³-hybridized carbons (Fsp3) is 0.182. The monoisotopic (exact) mass is 403 g/mol. The first-order valence-corrected chi connectivity index (χ1v) is 10.2. The zero-order valence-corrected chi connectivity index (χ0v) is 16.8. The number of hydrogen-bond acceptors (Lipinski definition) is 6. The zero-order valence-electron chi connectivity index (χ0n) is 16.0. The third kappa shape index (κ3) is 4.31. The topological polar surface area (TPSA) is 93.8 Å². The van der Waals surface area contributed by atoms with E-state index in [1.54, 1.807) is 6.20 Å². The van der Waals surface area contributed by atoms with Crippen molar-refractivity contribution in [1.29, 1.82) is 0 Å². The van der Waals surface area contributed by atoms with Gasteiger partial charge in [0.25, 0.3) is 0 Å². The molecule has 4 aromatic rings. The third-order valence-corrected chi connectivity index (χ3v) is 5.76. The van der Waals surface area contributed by atoms with E-state index >= 15 is 0 Å². The minimum Gasteiger partial charge on any atom is -0.347 e. The molecular weight excluding hydrogens is 382 g/mol. The van der Waals surface area contributed by atoms with Gasteiger partial charge in [0.05, 0.1) is 11.6 Å². The predicted octanol–water partition coefficient (Wildman–Crippen LogP) is 3.63. The van der Waals surface area contributed by atoms with Crippen LogP contribution in [0.4, 0.5) is 0 Å². The van der Waals surface area contributed by atoms with E-state index in [2.05, 4.69) is 20.5 Å². The molecule has 2 aromatic heterocycles. The highest BCUT2D eigenvalue weighted by atomic mass is 32.1. The second-order valence-electron chi connectivity index (χ2n) is 6.80. The van der Waals surface area contributed by atoms with E-state index in [0.717, 1.165) is 37.6 Å². The molecule has 0 aliphatic rings. The summed E-state index contributed by atoms with van der Waals surface area (Å²) >= 11 is 1.49. The Morgan fingerprint density at radius 1 is 1.07 bits per heavy atom. The summed E-state index contributed by atoms with van der Waals surface area (Å²) in [4.78, 5) is 16.2. The van der Waals surface area contributed by atoms with Crippen molar-refractivity contribution in [3.8, 4) is 10.6 Å². The van der Waals surface area contributed by atoms with Crippen LogP contribution in [0.25, 0.3) is 21.5 Å². The van der Waals surface area contributed by atoms with Crippen molar-refractivity contribution < 1.29 is 4.79 Å². The van der Waals surface area contributed by atoms with Gasteiger partial charge in [-0.1, -0.05) is 53.8 Å². The number of rotatable bonds is 6. The number of amides is 1. The Hall–Kier alpha value is -3.16. The van der Waals surface area contributed by atoms with E-state index in [1.165, 1.54) is 18.3 Å². The maximum atomic E-state index is 11.8. The maximum absolute atomic E-state index is 11.8. The number of carbonyl (C=O) groups is 1. The van der Waals surface area contributed by atoms with Gasteiger partial charge >= 0.3 is 0 Å². The van der Waals surface area contributed by atoms with Crippen LogP contribution in [0.5, 0.6) is 0 Å². The van der Waals surface area contributed by atoms with E-state index in [4.69, 9.17) is 5.73 Å². The Bertz CT molecular complexity index is 1130. The van der Waals surface area contributed by atoms with Crippen LogP contribution in [0.2, 0.25) is 0 Å². The van der Waals surface area contributed by atoms with Gasteiger partial charge in [-0.2, -0.15) is 0 Å². The van der Waals surface area contributed by atoms with Gasteiger partial charge in [0, 0.05) is 30.6 Å². The first-order valence-electron chi connectivity index (χ1n) is 9.36. The summed E-state index contributed by atoms with van der Waals surface area (Å²) in [5.41, 5.74) is 9.77. The van der Waals surface area contributed by atoms with Crippen LogP contribution in [0.1, 0.15) is 29.1 Å². The molecule has 1 atom stereocenters. The predicted molar refractivity (Wildman–Crippen MR) is 115 cm³/mol. The largest absolute Gasteiger partial charge is 0.347 e. The van der Waals surface area contributed by atoms with E-state index in [9.17, 15) is 4.79 Å². The summed E-state index contributed by atoms with van der Waals surface area (Å²) < 4.78 is 0. The van der Waals surface area contributed by atoms with E-state index in [1.807, 2.05) is 54.6 Å². The van der Waals surface area contributed by atoms with Crippen LogP contribution in [-0.2, 0) is 17.8 Å². The highest BCUT2D eigenvalue weighted by molar-refractivity contribution is 7.14. The lowest BCUT2D eigenvalue weighted by Gasteiger charge is -2.15. The van der Waals surface area contributed by atoms with Crippen molar-refractivity contribution in [2.24, 2.45) is 5.73 Å². The van der Waals surface area contributed by atoms with Gasteiger partial charge in [0.2, 0.25) is 5.91 Å². The minimum atomic E-state index is -0.240. The Labute approximate surface area is 172 Å². The summed E-state index contributed by atoms with van der Waals surface area (Å²) in [6.45, 7) is 2.03. The van der Waals surface area contributed by atoms with Gasteiger partial charge in [-0.15, -0.1) is 10.2 Å². The van der Waals surface area contributed by atoms with Gasteiger partial charge in [0.15, 0.2) is 0 Å². The molecule has 1 amide bonds. The molecule has 0 spiro atoms. The quantitative estimate of drug-likeness (QED) is 0.513. The van der Waals surface area contributed by atoms with Gasteiger partial charge in [-0.3, -0.25) is 9.78 Å². The Morgan fingerprint density at radius 3 is 2.59 bits per heavy atom. The van der Waals surface area contributed by atoms with Crippen LogP contribution >= 0.6 is 11.3 Å². The molecular formula is C22H21N5OS. The highest BCUT2D eigenvalue weighted by Crippen LogP contribution is 2.32. The Balaban J connectivity index is 1.65. The first kappa shape index (κ1) is 19.2. The highest BCUT2D eigenvalue weighted by Gasteiger charge is 2.20. The SMILES string of the molecule is CC(=O)NC(Cc1ccc(CN)cc1)c1nnc(-c2ccnc3ccccc23)s1. The van der Waals surface area contributed by atoms with Crippen molar-refractivity contribution >= 4 is 28.1 Å². The average Bonchev–Trinajstić information content (AvgIpc) is 3.23. The van der Waals surface area contributed by atoms with Gasteiger partial charge in [-0.25, -0.2) is 0 Å². The summed E-state index contributed by atoms with van der Waals surface area (Å²) in [6.07, 6.45) is 2.42. The molecule has 0 saturated heterocycles. The zero-order chi connectivity index (χ0) is 20.2. The molecule has 0 bridgehead atoms. The first-order chi connectivity index (χ1) is 14.1. The molecule has 146 valence electrons. The van der Waals surface area contributed by atoms with Crippen molar-refractivity contribution in [1.82, 2.24) is 20.5 Å². The number of pyridine rings is 1. The fourth-order valence-corrected chi connectivity index (χ4v) is 4.19. The molecule has 0 aliphatic heterocycles. The second-order valence-corrected chi connectivity index (χ2v) is 7.81. The molecule has 0 fully saturated rings. The molecule has 29 heavy (non-hydrogen) atoms. The lowest BCUT2D eigenvalue weighted by atomic mass is 10.0. The molecule has 2 aromatic carbocycles. The van der Waals surface area contributed by atoms with Gasteiger partial charge < -0.3 is 11.1 Å². The molecule has 0 saturated carbocycles. The van der Waals surface area contributed by atoms with Crippen LogP contribution in [0.15, 0.2) is 60.8 Å². The molecule has 3 N–H and O–H groups in total. The standard InChI is InChI=1S/C22H21N5OS/c1-14(28)25-20(12-15-6-8-16(13-23)9-7-15)22-27-26-21(29-22)18-10-11-24-19-5-3-2-4-17(18)19/h2-11,20H,12-13,23H2,1H3,(H,25,28). The summed E-state index contributed by atoms with van der Waals surface area (Å²) in [5.74, 6) is -0.0975. The smallest absolute Gasteiger partial charge is 0.217 e. The van der Waals surface area contributed by atoms with Crippen molar-refractivity contribution in [2.45, 2.75) is 25.9 Å². The summed E-state index contributed by atoms with van der Waals surface area (Å²) in [6, 6.07) is 17.8. The summed E-state index contributed by atoms with van der Waals surface area (Å²) in [5, 5.41) is 14.4. The number of hydrogen-bond donors (Lipinski definition) is 2. The van der Waals surface area contributed by atoms with Crippen molar-refractivity contribution in [2.75, 3.05) is 0 Å². The third-order valence-electron chi connectivity index (χ3n) is 4.69. The number of nitrogens with zero attached hydrogens (tertiary/aromatic N) is 3. The van der Waals surface area contributed by atoms with E-state index in [0.29, 0.717) is 13.0 Å². The Kier molecular flexibility index (Phi) is 5.59. The Morgan fingerprint density at radius 2 is 1.83 bits per heavy atom. The second kappa shape index (κ2) is 8.46. The molecule has 1 unspecified atom stereocenters. The number of benzene rings is 2.